The van der Waals surface area contributed by atoms with Crippen LogP contribution in [0.25, 0.3) is 0 Å². The van der Waals surface area contributed by atoms with Crippen LogP contribution in [-0.2, 0) is 0 Å². The lowest BCUT2D eigenvalue weighted by Crippen LogP contribution is -2.56. The van der Waals surface area contributed by atoms with Gasteiger partial charge in [0.1, 0.15) is 0 Å². The first-order chi connectivity index (χ1) is 8.73. The quantitative estimate of drug-likeness (QED) is 0.827. The summed E-state index contributed by atoms with van der Waals surface area (Å²) in [6.07, 6.45) is 0.656. The number of aromatic nitrogens is 3. The minimum absolute atomic E-state index is 0.226. The Balaban J connectivity index is 3.92. The van der Waals surface area contributed by atoms with Gasteiger partial charge in [-0.3, -0.25) is 0 Å². The summed E-state index contributed by atoms with van der Waals surface area (Å²) in [5.74, 6) is 0. The summed E-state index contributed by atoms with van der Waals surface area (Å²) >= 11 is 0. The van der Waals surface area contributed by atoms with Gasteiger partial charge in [0.05, 0.1) is 0 Å². The van der Waals surface area contributed by atoms with E-state index in [1.54, 1.807) is 27.7 Å². The second kappa shape index (κ2) is 5.59. The van der Waals surface area contributed by atoms with Crippen LogP contribution < -0.4 is 17.1 Å². The van der Waals surface area contributed by atoms with E-state index < -0.39 is 17.1 Å². The third-order valence-electron chi connectivity index (χ3n) is 3.30. The van der Waals surface area contributed by atoms with Crippen LogP contribution >= 0.6 is 0 Å². The molecule has 1 atom stereocenters. The molecule has 108 valence electrons. The minimum Gasteiger partial charge on any atom is -0.247 e. The van der Waals surface area contributed by atoms with Gasteiger partial charge in [0.25, 0.3) is 0 Å². The maximum absolute atomic E-state index is 12.3. The molecule has 1 heterocycles. The molecule has 0 saturated carbocycles. The average Bonchev–Trinajstić information content (AvgIpc) is 2.26. The van der Waals surface area contributed by atoms with Crippen LogP contribution in [0.15, 0.2) is 14.4 Å². The van der Waals surface area contributed by atoms with Crippen molar-refractivity contribution in [1.82, 2.24) is 13.7 Å². The van der Waals surface area contributed by atoms with E-state index in [2.05, 4.69) is 0 Å². The van der Waals surface area contributed by atoms with Gasteiger partial charge in [0.15, 0.2) is 0 Å². The summed E-state index contributed by atoms with van der Waals surface area (Å²) in [5, 5.41) is 0. The van der Waals surface area contributed by atoms with Gasteiger partial charge in [-0.1, -0.05) is 6.92 Å². The van der Waals surface area contributed by atoms with Crippen LogP contribution in [-0.4, -0.2) is 13.7 Å². The van der Waals surface area contributed by atoms with Gasteiger partial charge in [0, 0.05) is 18.1 Å². The molecule has 0 saturated heterocycles. The number of nitrogens with zero attached hydrogens (tertiary/aromatic N) is 3. The zero-order chi connectivity index (χ0) is 14.9. The third-order valence-corrected chi connectivity index (χ3v) is 3.30. The van der Waals surface area contributed by atoms with Gasteiger partial charge in [0.2, 0.25) is 0 Å². The van der Waals surface area contributed by atoms with Gasteiger partial charge >= 0.3 is 17.1 Å². The van der Waals surface area contributed by atoms with Gasteiger partial charge < -0.3 is 0 Å². The minimum atomic E-state index is -0.528. The van der Waals surface area contributed by atoms with Crippen LogP contribution in [0.1, 0.15) is 66.1 Å². The monoisotopic (exact) mass is 269 g/mol. The molecule has 6 nitrogen and oxygen atoms in total. The topological polar surface area (TPSA) is 66.0 Å². The Bertz CT molecular complexity index is 573. The van der Waals surface area contributed by atoms with Crippen molar-refractivity contribution >= 4 is 0 Å². The van der Waals surface area contributed by atoms with E-state index in [1.165, 1.54) is 4.57 Å². The molecule has 1 aromatic heterocycles. The van der Waals surface area contributed by atoms with Gasteiger partial charge in [-0.15, -0.1) is 0 Å². The molecule has 1 unspecified atom stereocenters. The van der Waals surface area contributed by atoms with Gasteiger partial charge in [-0.05, 0) is 41.0 Å². The van der Waals surface area contributed by atoms with Crippen molar-refractivity contribution in [3.8, 4) is 0 Å². The number of hydrogen-bond acceptors (Lipinski definition) is 3. The standard InChI is InChI=1S/C13H23N3O3/c1-7-10(6)16-12(18)14(8(2)3)11(17)15(9(4)5)13(16)19/h8-10H,7H2,1-6H3. The fourth-order valence-corrected chi connectivity index (χ4v) is 2.04. The molecule has 0 radical (unpaired) electrons. The van der Waals surface area contributed by atoms with Crippen LogP contribution in [0, 0.1) is 0 Å². The Morgan fingerprint density at radius 3 is 1.32 bits per heavy atom. The first-order valence-electron chi connectivity index (χ1n) is 6.73. The molecule has 0 fully saturated rings. The molecule has 0 spiro atoms. The van der Waals surface area contributed by atoms with E-state index in [0.717, 1.165) is 9.13 Å². The number of hydrogen-bond donors (Lipinski definition) is 0. The highest BCUT2D eigenvalue weighted by atomic mass is 16.2. The maximum atomic E-state index is 12.3. The van der Waals surface area contributed by atoms with E-state index in [1.807, 2.05) is 13.8 Å². The highest BCUT2D eigenvalue weighted by Crippen LogP contribution is 2.05. The summed E-state index contributed by atoms with van der Waals surface area (Å²) in [4.78, 5) is 36.9. The van der Waals surface area contributed by atoms with E-state index in [9.17, 15) is 14.4 Å². The Labute approximate surface area is 112 Å². The molecule has 1 aromatic rings. The third kappa shape index (κ3) is 2.57. The van der Waals surface area contributed by atoms with Crippen molar-refractivity contribution in [2.24, 2.45) is 0 Å². The molecular formula is C13H23N3O3. The predicted molar refractivity (Wildman–Crippen MR) is 75.0 cm³/mol. The summed E-state index contributed by atoms with van der Waals surface area (Å²) < 4.78 is 3.47. The Kier molecular flexibility index (Phi) is 4.55. The van der Waals surface area contributed by atoms with Crippen molar-refractivity contribution < 1.29 is 0 Å². The van der Waals surface area contributed by atoms with Crippen LogP contribution in [0.2, 0.25) is 0 Å². The molecular weight excluding hydrogens is 246 g/mol. The molecule has 0 aliphatic carbocycles. The smallest absolute Gasteiger partial charge is 0.247 e. The second-order valence-corrected chi connectivity index (χ2v) is 5.40. The van der Waals surface area contributed by atoms with E-state index in [0.29, 0.717) is 6.42 Å². The van der Waals surface area contributed by atoms with E-state index in [-0.39, 0.29) is 18.1 Å². The fraction of sp³-hybridized carbons (Fsp3) is 0.769. The van der Waals surface area contributed by atoms with Crippen LogP contribution in [0.4, 0.5) is 0 Å². The lowest BCUT2D eigenvalue weighted by atomic mass is 10.2. The second-order valence-electron chi connectivity index (χ2n) is 5.40. The highest BCUT2D eigenvalue weighted by molar-refractivity contribution is 4.85. The van der Waals surface area contributed by atoms with E-state index in [4.69, 9.17) is 0 Å². The SMILES string of the molecule is CCC(C)n1c(=O)n(C(C)C)c(=O)n(C(C)C)c1=O. The fourth-order valence-electron chi connectivity index (χ4n) is 2.04. The van der Waals surface area contributed by atoms with Crippen molar-refractivity contribution in [1.29, 1.82) is 0 Å². The van der Waals surface area contributed by atoms with Crippen LogP contribution in [0.5, 0.6) is 0 Å². The Morgan fingerprint density at radius 2 is 1.05 bits per heavy atom. The van der Waals surface area contributed by atoms with Crippen LogP contribution in [0.3, 0.4) is 0 Å². The molecule has 0 N–H and O–H groups in total. The molecule has 1 rings (SSSR count). The summed E-state index contributed by atoms with van der Waals surface area (Å²) in [5.41, 5.74) is -1.56. The molecule has 19 heavy (non-hydrogen) atoms. The highest BCUT2D eigenvalue weighted by Gasteiger charge is 2.20. The molecule has 0 amide bonds. The maximum Gasteiger partial charge on any atom is 0.336 e. The van der Waals surface area contributed by atoms with Crippen molar-refractivity contribution in [2.75, 3.05) is 0 Å². The first kappa shape index (κ1) is 15.5. The average molecular weight is 269 g/mol. The first-order valence-corrected chi connectivity index (χ1v) is 6.73. The van der Waals surface area contributed by atoms with Gasteiger partial charge in [-0.25, -0.2) is 28.1 Å². The Hall–Kier alpha value is -1.59. The van der Waals surface area contributed by atoms with Gasteiger partial charge in [-0.2, -0.15) is 0 Å². The summed E-state index contributed by atoms with van der Waals surface area (Å²) in [7, 11) is 0. The van der Waals surface area contributed by atoms with Crippen molar-refractivity contribution in [3.05, 3.63) is 31.5 Å². The summed E-state index contributed by atoms with van der Waals surface area (Å²) in [6, 6.07) is -0.780. The zero-order valence-electron chi connectivity index (χ0n) is 12.5. The normalized spacial score (nSPS) is 13.3. The lowest BCUT2D eigenvalue weighted by molar-refractivity contribution is 0.365. The Morgan fingerprint density at radius 1 is 0.737 bits per heavy atom. The zero-order valence-corrected chi connectivity index (χ0v) is 12.5. The largest absolute Gasteiger partial charge is 0.336 e. The predicted octanol–water partition coefficient (Wildman–Crippen LogP) is 1.30. The molecule has 0 bridgehead atoms. The molecule has 0 aliphatic rings. The van der Waals surface area contributed by atoms with Crippen molar-refractivity contribution in [3.63, 3.8) is 0 Å². The lowest BCUT2D eigenvalue weighted by Gasteiger charge is -2.20. The van der Waals surface area contributed by atoms with Crippen molar-refractivity contribution in [2.45, 2.75) is 66.1 Å². The molecule has 6 heteroatoms. The van der Waals surface area contributed by atoms with E-state index >= 15 is 0 Å². The molecule has 0 aromatic carbocycles. The summed E-state index contributed by atoms with van der Waals surface area (Å²) in [6.45, 7) is 10.8. The number of rotatable bonds is 4. The molecule has 0 aliphatic heterocycles.